The van der Waals surface area contributed by atoms with E-state index >= 15 is 0 Å². The second-order valence-corrected chi connectivity index (χ2v) is 8.32. The molecule has 0 aliphatic heterocycles. The summed E-state index contributed by atoms with van der Waals surface area (Å²) in [6.07, 6.45) is 10.5. The van der Waals surface area contributed by atoms with Crippen molar-refractivity contribution in [3.05, 3.63) is 0 Å². The van der Waals surface area contributed by atoms with Crippen LogP contribution in [0.4, 0.5) is 0 Å². The number of hydrogen-bond acceptors (Lipinski definition) is 6. The predicted octanol–water partition coefficient (Wildman–Crippen LogP) is 2.30. The van der Waals surface area contributed by atoms with Gasteiger partial charge in [-0.15, -0.1) is 0 Å². The first kappa shape index (κ1) is 26.3. The maximum absolute atomic E-state index is 11.5. The average Bonchev–Trinajstić information content (AvgIpc) is 2.61. The standard InChI is InChI=1S/C18H33NO8S/c1-2-3-4-5-6-7-8-9-10-11-12-27-17(21)14-19-16(20)13-15(18(22)23)28(24,25)26/h15H,2-14H2,1H3,(H,19,20)(H,22,23)(H,24,25,26). The first-order chi connectivity index (χ1) is 13.2. The Morgan fingerprint density at radius 3 is 1.89 bits per heavy atom. The highest BCUT2D eigenvalue weighted by Crippen LogP contribution is 2.10. The van der Waals surface area contributed by atoms with E-state index in [1.807, 2.05) is 0 Å². The van der Waals surface area contributed by atoms with Gasteiger partial charge in [0.2, 0.25) is 5.91 Å². The summed E-state index contributed by atoms with van der Waals surface area (Å²) >= 11 is 0. The summed E-state index contributed by atoms with van der Waals surface area (Å²) in [5, 5.41) is 8.50. The molecule has 0 bridgehead atoms. The van der Waals surface area contributed by atoms with Crippen molar-refractivity contribution in [1.82, 2.24) is 5.32 Å². The summed E-state index contributed by atoms with van der Waals surface area (Å²) in [4.78, 5) is 33.8. The van der Waals surface area contributed by atoms with Gasteiger partial charge in [-0.2, -0.15) is 8.42 Å². The van der Waals surface area contributed by atoms with Gasteiger partial charge in [0.1, 0.15) is 6.54 Å². The first-order valence-corrected chi connectivity index (χ1v) is 11.3. The van der Waals surface area contributed by atoms with Crippen LogP contribution < -0.4 is 5.32 Å². The van der Waals surface area contributed by atoms with Crippen LogP contribution in [0.2, 0.25) is 0 Å². The van der Waals surface area contributed by atoms with Gasteiger partial charge in [-0.05, 0) is 6.42 Å². The van der Waals surface area contributed by atoms with Gasteiger partial charge < -0.3 is 15.2 Å². The Labute approximate surface area is 167 Å². The van der Waals surface area contributed by atoms with E-state index in [-0.39, 0.29) is 6.61 Å². The highest BCUT2D eigenvalue weighted by Gasteiger charge is 2.33. The lowest BCUT2D eigenvalue weighted by molar-refractivity contribution is -0.144. The minimum atomic E-state index is -4.91. The number of carboxylic acid groups (broad SMARTS) is 1. The minimum Gasteiger partial charge on any atom is -0.480 e. The number of rotatable bonds is 17. The highest BCUT2D eigenvalue weighted by atomic mass is 32.2. The van der Waals surface area contributed by atoms with Gasteiger partial charge in [-0.3, -0.25) is 18.9 Å². The van der Waals surface area contributed by atoms with Crippen LogP contribution in [0.3, 0.4) is 0 Å². The lowest BCUT2D eigenvalue weighted by Crippen LogP contribution is -2.38. The van der Waals surface area contributed by atoms with E-state index in [0.29, 0.717) is 0 Å². The maximum atomic E-state index is 11.5. The Bertz CT molecular complexity index is 576. The van der Waals surface area contributed by atoms with Crippen LogP contribution in [-0.2, 0) is 29.2 Å². The third kappa shape index (κ3) is 14.4. The number of nitrogens with one attached hydrogen (secondary N) is 1. The van der Waals surface area contributed by atoms with Gasteiger partial charge in [0.15, 0.2) is 5.25 Å². The second-order valence-electron chi connectivity index (χ2n) is 6.73. The quantitative estimate of drug-likeness (QED) is 0.183. The van der Waals surface area contributed by atoms with Gasteiger partial charge in [-0.1, -0.05) is 64.7 Å². The molecule has 0 aromatic heterocycles. The number of hydrogen-bond donors (Lipinski definition) is 3. The monoisotopic (exact) mass is 423 g/mol. The fraction of sp³-hybridized carbons (Fsp3) is 0.833. The molecule has 0 saturated carbocycles. The highest BCUT2D eigenvalue weighted by molar-refractivity contribution is 7.87. The van der Waals surface area contributed by atoms with E-state index in [1.165, 1.54) is 38.5 Å². The topological polar surface area (TPSA) is 147 Å². The van der Waals surface area contributed by atoms with Gasteiger partial charge in [-0.25, -0.2) is 0 Å². The van der Waals surface area contributed by atoms with Crippen LogP contribution in [0.5, 0.6) is 0 Å². The van der Waals surface area contributed by atoms with Crippen molar-refractivity contribution in [3.63, 3.8) is 0 Å². The van der Waals surface area contributed by atoms with Crippen molar-refractivity contribution in [2.45, 2.75) is 82.8 Å². The van der Waals surface area contributed by atoms with Crippen LogP contribution in [0.15, 0.2) is 0 Å². The molecule has 0 fully saturated rings. The Hall–Kier alpha value is -1.68. The van der Waals surface area contributed by atoms with Crippen LogP contribution in [0.1, 0.15) is 77.6 Å². The molecule has 1 unspecified atom stereocenters. The van der Waals surface area contributed by atoms with Gasteiger partial charge in [0.05, 0.1) is 13.0 Å². The molecule has 10 heteroatoms. The SMILES string of the molecule is CCCCCCCCCCCCOC(=O)CNC(=O)CC(C(=O)O)S(=O)(=O)O. The molecule has 0 aliphatic rings. The smallest absolute Gasteiger partial charge is 0.325 e. The van der Waals surface area contributed by atoms with Crippen molar-refractivity contribution < 1.29 is 37.2 Å². The van der Waals surface area contributed by atoms with Gasteiger partial charge in [0.25, 0.3) is 10.1 Å². The van der Waals surface area contributed by atoms with Crippen LogP contribution >= 0.6 is 0 Å². The fourth-order valence-electron chi connectivity index (χ4n) is 2.56. The first-order valence-electron chi connectivity index (χ1n) is 9.80. The second kappa shape index (κ2) is 15.3. The summed E-state index contributed by atoms with van der Waals surface area (Å²) in [7, 11) is -4.91. The molecule has 1 amide bonds. The van der Waals surface area contributed by atoms with Gasteiger partial charge in [0, 0.05) is 0 Å². The molecule has 0 radical (unpaired) electrons. The summed E-state index contributed by atoms with van der Waals surface area (Å²) in [6, 6.07) is 0. The Balaban J connectivity index is 3.72. The molecule has 28 heavy (non-hydrogen) atoms. The van der Waals surface area contributed by atoms with Crippen molar-refractivity contribution in [1.29, 1.82) is 0 Å². The fourth-order valence-corrected chi connectivity index (χ4v) is 3.17. The normalized spacial score (nSPS) is 12.4. The molecule has 0 saturated heterocycles. The van der Waals surface area contributed by atoms with E-state index in [4.69, 9.17) is 14.4 Å². The molecule has 1 atom stereocenters. The van der Waals surface area contributed by atoms with E-state index in [1.54, 1.807) is 0 Å². The molecule has 9 nitrogen and oxygen atoms in total. The van der Waals surface area contributed by atoms with Crippen molar-refractivity contribution in [2.24, 2.45) is 0 Å². The molecular formula is C18H33NO8S. The minimum absolute atomic E-state index is 0.230. The van der Waals surface area contributed by atoms with E-state index in [0.717, 1.165) is 25.7 Å². The predicted molar refractivity (Wildman–Crippen MR) is 103 cm³/mol. The number of unbranched alkanes of at least 4 members (excludes halogenated alkanes) is 9. The molecule has 0 spiro atoms. The van der Waals surface area contributed by atoms with Crippen LogP contribution in [-0.4, -0.2) is 54.3 Å². The largest absolute Gasteiger partial charge is 0.480 e. The van der Waals surface area contributed by atoms with Crippen LogP contribution in [0, 0.1) is 0 Å². The molecule has 0 heterocycles. The van der Waals surface area contributed by atoms with Crippen molar-refractivity contribution >= 4 is 28.0 Å². The third-order valence-corrected chi connectivity index (χ3v) is 5.28. The van der Waals surface area contributed by atoms with Crippen molar-refractivity contribution in [2.75, 3.05) is 13.2 Å². The van der Waals surface area contributed by atoms with Crippen LogP contribution in [0.25, 0.3) is 0 Å². The summed E-state index contributed by atoms with van der Waals surface area (Å²) in [6.45, 7) is 1.93. The van der Waals surface area contributed by atoms with E-state index in [2.05, 4.69) is 12.2 Å². The third-order valence-electron chi connectivity index (χ3n) is 4.20. The molecule has 0 rings (SSSR count). The average molecular weight is 424 g/mol. The summed E-state index contributed by atoms with van der Waals surface area (Å²) in [5.41, 5.74) is 0. The van der Waals surface area contributed by atoms with E-state index in [9.17, 15) is 22.8 Å². The maximum Gasteiger partial charge on any atom is 0.325 e. The Kier molecular flexibility index (Phi) is 14.4. The number of aliphatic carboxylic acids is 1. The molecule has 164 valence electrons. The molecule has 0 aromatic carbocycles. The lowest BCUT2D eigenvalue weighted by atomic mass is 10.1. The molecule has 0 aromatic rings. The number of ether oxygens (including phenoxy) is 1. The molecular weight excluding hydrogens is 390 g/mol. The zero-order chi connectivity index (χ0) is 21.4. The number of amides is 1. The van der Waals surface area contributed by atoms with Gasteiger partial charge >= 0.3 is 11.9 Å². The summed E-state index contributed by atoms with van der Waals surface area (Å²) < 4.78 is 35.5. The van der Waals surface area contributed by atoms with E-state index < -0.39 is 46.2 Å². The number of esters is 1. The van der Waals surface area contributed by atoms with Crippen molar-refractivity contribution in [3.8, 4) is 0 Å². The molecule has 0 aliphatic carbocycles. The zero-order valence-electron chi connectivity index (χ0n) is 16.5. The molecule has 3 N–H and O–H groups in total. The lowest BCUT2D eigenvalue weighted by Gasteiger charge is -2.09. The zero-order valence-corrected chi connectivity index (χ0v) is 17.3. The number of carbonyl (C=O) groups excluding carboxylic acids is 2. The summed E-state index contributed by atoms with van der Waals surface area (Å²) in [5.74, 6) is -3.52. The Morgan fingerprint density at radius 2 is 1.43 bits per heavy atom. The number of carboxylic acids is 1. The Morgan fingerprint density at radius 1 is 0.929 bits per heavy atom. The number of carbonyl (C=O) groups is 3.